The topological polar surface area (TPSA) is 17.1 Å². The molecule has 1 aromatic rings. The lowest BCUT2D eigenvalue weighted by molar-refractivity contribution is -0.107. The van der Waals surface area contributed by atoms with Crippen molar-refractivity contribution < 1.29 is 4.79 Å². The summed E-state index contributed by atoms with van der Waals surface area (Å²) in [5, 5.41) is -0.452. The van der Waals surface area contributed by atoms with Gasteiger partial charge in [0.25, 0.3) is 0 Å². The van der Waals surface area contributed by atoms with E-state index in [4.69, 9.17) is 11.6 Å². The van der Waals surface area contributed by atoms with Crippen LogP contribution < -0.4 is 0 Å². The summed E-state index contributed by atoms with van der Waals surface area (Å²) in [5.41, 5.74) is 2.11. The minimum atomic E-state index is -0.452. The van der Waals surface area contributed by atoms with Gasteiger partial charge in [-0.3, -0.25) is 4.79 Å². The minimum Gasteiger partial charge on any atom is -0.276 e. The van der Waals surface area contributed by atoms with Crippen LogP contribution in [0.4, 0.5) is 0 Å². The Kier molecular flexibility index (Phi) is 5.58. The predicted molar refractivity (Wildman–Crippen MR) is 70.3 cm³/mol. The van der Waals surface area contributed by atoms with E-state index in [1.165, 1.54) is 6.08 Å². The summed E-state index contributed by atoms with van der Waals surface area (Å²) in [7, 11) is 0. The van der Waals surface area contributed by atoms with Gasteiger partial charge < -0.3 is 0 Å². The Morgan fingerprint density at radius 2 is 1.88 bits per heavy atom. The molecule has 16 heavy (non-hydrogen) atoms. The third kappa shape index (κ3) is 4.45. The number of hydrogen-bond donors (Lipinski definition) is 0. The fraction of sp³-hybridized carbons (Fsp3) is 0.214. The van der Waals surface area contributed by atoms with E-state index in [1.54, 1.807) is 6.08 Å². The zero-order valence-corrected chi connectivity index (χ0v) is 10.1. The molecule has 1 rings (SSSR count). The summed E-state index contributed by atoms with van der Waals surface area (Å²) in [6.07, 6.45) is 9.51. The number of hydrogen-bond acceptors (Lipinski definition) is 1. The third-order valence-electron chi connectivity index (χ3n) is 2.14. The molecule has 2 heteroatoms. The van der Waals surface area contributed by atoms with Gasteiger partial charge in [-0.25, -0.2) is 0 Å². The van der Waals surface area contributed by atoms with Crippen molar-refractivity contribution in [2.24, 2.45) is 0 Å². The molecule has 1 aromatic carbocycles. The van der Waals surface area contributed by atoms with E-state index in [0.29, 0.717) is 0 Å². The molecular formula is C14H15ClO. The highest BCUT2D eigenvalue weighted by Gasteiger charge is 1.94. The van der Waals surface area contributed by atoms with Gasteiger partial charge in [0.05, 0.1) is 0 Å². The molecule has 0 aliphatic rings. The van der Waals surface area contributed by atoms with Gasteiger partial charge >= 0.3 is 0 Å². The fourth-order valence-corrected chi connectivity index (χ4v) is 1.41. The highest BCUT2D eigenvalue weighted by molar-refractivity contribution is 6.66. The first-order chi connectivity index (χ1) is 7.74. The first kappa shape index (κ1) is 12.7. The average molecular weight is 235 g/mol. The van der Waals surface area contributed by atoms with E-state index in [0.717, 1.165) is 24.0 Å². The van der Waals surface area contributed by atoms with Crippen molar-refractivity contribution in [3.05, 3.63) is 47.5 Å². The van der Waals surface area contributed by atoms with Crippen molar-refractivity contribution >= 4 is 29.0 Å². The lowest BCUT2D eigenvalue weighted by Crippen LogP contribution is -1.81. The third-order valence-corrected chi connectivity index (χ3v) is 2.27. The maximum atomic E-state index is 10.6. The van der Waals surface area contributed by atoms with E-state index < -0.39 is 5.24 Å². The van der Waals surface area contributed by atoms with E-state index >= 15 is 0 Å². The molecule has 0 heterocycles. The largest absolute Gasteiger partial charge is 0.276 e. The summed E-state index contributed by atoms with van der Waals surface area (Å²) < 4.78 is 0. The first-order valence-electron chi connectivity index (χ1n) is 5.37. The summed E-state index contributed by atoms with van der Waals surface area (Å²) >= 11 is 5.26. The second-order valence-corrected chi connectivity index (χ2v) is 3.83. The molecule has 1 nitrogen and oxygen atoms in total. The fourth-order valence-electron chi connectivity index (χ4n) is 1.35. The predicted octanol–water partition coefficient (Wildman–Crippen LogP) is 4.28. The maximum Gasteiger partial charge on any atom is 0.245 e. The van der Waals surface area contributed by atoms with E-state index in [2.05, 4.69) is 19.1 Å². The van der Waals surface area contributed by atoms with Crippen LogP contribution in [0.2, 0.25) is 0 Å². The van der Waals surface area contributed by atoms with Gasteiger partial charge in [0.15, 0.2) is 0 Å². The Morgan fingerprint density at radius 3 is 2.44 bits per heavy atom. The monoisotopic (exact) mass is 234 g/mol. The van der Waals surface area contributed by atoms with Gasteiger partial charge in [-0.05, 0) is 41.3 Å². The van der Waals surface area contributed by atoms with Crippen molar-refractivity contribution in [1.29, 1.82) is 0 Å². The molecule has 0 aliphatic heterocycles. The SMILES string of the molecule is CCCC=Cc1ccccc1C=CC(=O)Cl. The van der Waals surface area contributed by atoms with Crippen molar-refractivity contribution in [1.82, 2.24) is 0 Å². The molecule has 0 atom stereocenters. The molecule has 0 N–H and O–H groups in total. The Bertz CT molecular complexity index is 405. The van der Waals surface area contributed by atoms with Gasteiger partial charge in [0, 0.05) is 0 Å². The smallest absolute Gasteiger partial charge is 0.245 e. The highest BCUT2D eigenvalue weighted by Crippen LogP contribution is 2.13. The number of carbonyl (C=O) groups is 1. The molecule has 0 bridgehead atoms. The molecular weight excluding hydrogens is 220 g/mol. The lowest BCUT2D eigenvalue weighted by Gasteiger charge is -1.99. The zero-order chi connectivity index (χ0) is 11.8. The highest BCUT2D eigenvalue weighted by atomic mass is 35.5. The lowest BCUT2D eigenvalue weighted by atomic mass is 10.1. The molecule has 0 saturated heterocycles. The summed E-state index contributed by atoms with van der Waals surface area (Å²) in [4.78, 5) is 10.6. The van der Waals surface area contributed by atoms with Crippen LogP contribution in [0.5, 0.6) is 0 Å². The quantitative estimate of drug-likeness (QED) is 0.549. The van der Waals surface area contributed by atoms with E-state index in [1.807, 2.05) is 24.3 Å². The summed E-state index contributed by atoms with van der Waals surface area (Å²) in [6.45, 7) is 2.14. The molecule has 0 unspecified atom stereocenters. The van der Waals surface area contributed by atoms with Crippen LogP contribution in [0.3, 0.4) is 0 Å². The Morgan fingerprint density at radius 1 is 1.25 bits per heavy atom. The molecule has 0 aliphatic carbocycles. The van der Waals surface area contributed by atoms with Gasteiger partial charge in [-0.1, -0.05) is 49.8 Å². The van der Waals surface area contributed by atoms with Crippen molar-refractivity contribution in [3.63, 3.8) is 0 Å². The summed E-state index contributed by atoms with van der Waals surface area (Å²) in [5.74, 6) is 0. The number of rotatable bonds is 5. The normalized spacial score (nSPS) is 11.4. The van der Waals surface area contributed by atoms with Gasteiger partial charge in [0.1, 0.15) is 0 Å². The molecule has 0 spiro atoms. The second kappa shape index (κ2) is 7.02. The number of carbonyl (C=O) groups excluding carboxylic acids is 1. The van der Waals surface area contributed by atoms with Crippen LogP contribution in [0.15, 0.2) is 36.4 Å². The van der Waals surface area contributed by atoms with Gasteiger partial charge in [-0.15, -0.1) is 0 Å². The van der Waals surface area contributed by atoms with Crippen LogP contribution in [0.25, 0.3) is 12.2 Å². The molecule has 0 saturated carbocycles. The van der Waals surface area contributed by atoms with Crippen molar-refractivity contribution in [3.8, 4) is 0 Å². The molecule has 84 valence electrons. The van der Waals surface area contributed by atoms with Gasteiger partial charge in [-0.2, -0.15) is 0 Å². The van der Waals surface area contributed by atoms with Crippen LogP contribution in [0.1, 0.15) is 30.9 Å². The number of benzene rings is 1. The van der Waals surface area contributed by atoms with E-state index in [-0.39, 0.29) is 0 Å². The Balaban J connectivity index is 2.87. The van der Waals surface area contributed by atoms with Gasteiger partial charge in [0.2, 0.25) is 5.24 Å². The Labute approximate surface area is 101 Å². The number of allylic oxidation sites excluding steroid dienone is 2. The average Bonchev–Trinajstić information content (AvgIpc) is 2.28. The second-order valence-electron chi connectivity index (χ2n) is 3.46. The van der Waals surface area contributed by atoms with Crippen molar-refractivity contribution in [2.75, 3.05) is 0 Å². The number of unbranched alkanes of at least 4 members (excludes halogenated alkanes) is 1. The van der Waals surface area contributed by atoms with Crippen LogP contribution >= 0.6 is 11.6 Å². The minimum absolute atomic E-state index is 0.452. The molecule has 0 amide bonds. The van der Waals surface area contributed by atoms with Crippen LogP contribution in [-0.4, -0.2) is 5.24 Å². The first-order valence-corrected chi connectivity index (χ1v) is 5.75. The maximum absolute atomic E-state index is 10.6. The van der Waals surface area contributed by atoms with Crippen LogP contribution in [-0.2, 0) is 4.79 Å². The molecule has 0 aromatic heterocycles. The molecule has 0 fully saturated rings. The van der Waals surface area contributed by atoms with Crippen molar-refractivity contribution in [2.45, 2.75) is 19.8 Å². The molecule has 0 radical (unpaired) electrons. The summed E-state index contributed by atoms with van der Waals surface area (Å²) in [6, 6.07) is 7.90. The van der Waals surface area contributed by atoms with Crippen LogP contribution in [0, 0.1) is 0 Å². The zero-order valence-electron chi connectivity index (χ0n) is 9.32. The van der Waals surface area contributed by atoms with E-state index in [9.17, 15) is 4.79 Å². The number of halogens is 1. The standard InChI is InChI=1S/C14H15ClO/c1-2-3-4-7-12-8-5-6-9-13(12)10-11-14(15)16/h4-11H,2-3H2,1H3. The Hall–Kier alpha value is -1.34.